The monoisotopic (exact) mass is 374 g/mol. The van der Waals surface area contributed by atoms with E-state index >= 15 is 0 Å². The number of nitrogens with zero attached hydrogens (tertiary/aromatic N) is 4. The third-order valence-electron chi connectivity index (χ3n) is 5.49. The van der Waals surface area contributed by atoms with Crippen molar-refractivity contribution >= 4 is 23.2 Å². The highest BCUT2D eigenvalue weighted by atomic mass is 16.6. The van der Waals surface area contributed by atoms with E-state index < -0.39 is 4.92 Å². The predicted octanol–water partition coefficient (Wildman–Crippen LogP) is 2.14. The maximum Gasteiger partial charge on any atom is 0.270 e. The van der Waals surface area contributed by atoms with Crippen LogP contribution in [0.2, 0.25) is 0 Å². The van der Waals surface area contributed by atoms with Crippen LogP contribution in [0.15, 0.2) is 18.2 Å². The van der Waals surface area contributed by atoms with Crippen LogP contribution in [0.3, 0.4) is 0 Å². The number of piperazine rings is 1. The maximum atomic E-state index is 13.0. The zero-order valence-corrected chi connectivity index (χ0v) is 15.9. The number of nitro benzene ring substituents is 1. The fourth-order valence-corrected chi connectivity index (χ4v) is 3.93. The Labute approximate surface area is 158 Å². The highest BCUT2D eigenvalue weighted by Gasteiger charge is 2.31. The Balaban J connectivity index is 1.71. The first-order chi connectivity index (χ1) is 12.9. The smallest absolute Gasteiger partial charge is 0.270 e. The summed E-state index contributed by atoms with van der Waals surface area (Å²) in [6.45, 7) is 1.94. The molecule has 0 atom stereocenters. The number of hydrogen-bond acceptors (Lipinski definition) is 5. The summed E-state index contributed by atoms with van der Waals surface area (Å²) in [5, 5.41) is 11.1. The number of amides is 2. The Kier molecular flexibility index (Phi) is 5.62. The lowest BCUT2D eigenvalue weighted by Gasteiger charge is -2.36. The van der Waals surface area contributed by atoms with Gasteiger partial charge in [-0.25, -0.2) is 0 Å². The summed E-state index contributed by atoms with van der Waals surface area (Å²) in [6.07, 6.45) is 4.18. The molecule has 146 valence electrons. The lowest BCUT2D eigenvalue weighted by molar-refractivity contribution is -0.384. The second-order valence-electron chi connectivity index (χ2n) is 7.45. The number of nitro groups is 1. The van der Waals surface area contributed by atoms with Gasteiger partial charge in [0.2, 0.25) is 5.91 Å². The molecule has 1 aliphatic carbocycles. The van der Waals surface area contributed by atoms with Crippen LogP contribution in [-0.4, -0.2) is 66.8 Å². The SMILES string of the molecule is CN(C)c1ccc([N+](=O)[O-])cc1C(=O)N1CCN(C(=O)C2CCCC2)CC1. The third-order valence-corrected chi connectivity index (χ3v) is 5.49. The van der Waals surface area contributed by atoms with Crippen molar-refractivity contribution in [1.82, 2.24) is 9.80 Å². The summed E-state index contributed by atoms with van der Waals surface area (Å²) < 4.78 is 0. The van der Waals surface area contributed by atoms with Crippen LogP contribution in [0.5, 0.6) is 0 Å². The van der Waals surface area contributed by atoms with Gasteiger partial charge < -0.3 is 14.7 Å². The fraction of sp³-hybridized carbons (Fsp3) is 0.579. The van der Waals surface area contributed by atoms with Gasteiger partial charge in [-0.15, -0.1) is 0 Å². The number of carbonyl (C=O) groups excluding carboxylic acids is 2. The van der Waals surface area contributed by atoms with Gasteiger partial charge in [-0.1, -0.05) is 12.8 Å². The Morgan fingerprint density at radius 2 is 1.67 bits per heavy atom. The summed E-state index contributed by atoms with van der Waals surface area (Å²) in [5.74, 6) is 0.128. The van der Waals surface area contributed by atoms with E-state index in [2.05, 4.69) is 0 Å². The molecule has 1 aromatic carbocycles. The van der Waals surface area contributed by atoms with Gasteiger partial charge in [0.1, 0.15) is 0 Å². The van der Waals surface area contributed by atoms with E-state index in [0.29, 0.717) is 37.4 Å². The molecular weight excluding hydrogens is 348 g/mol. The summed E-state index contributed by atoms with van der Waals surface area (Å²) in [5.41, 5.74) is 0.874. The minimum Gasteiger partial charge on any atom is -0.377 e. The molecule has 2 amide bonds. The molecule has 0 N–H and O–H groups in total. The summed E-state index contributed by atoms with van der Waals surface area (Å²) in [7, 11) is 3.60. The number of carbonyl (C=O) groups is 2. The Morgan fingerprint density at radius 1 is 1.07 bits per heavy atom. The van der Waals surface area contributed by atoms with Gasteiger partial charge in [-0.2, -0.15) is 0 Å². The Bertz CT molecular complexity index is 735. The minimum absolute atomic E-state index is 0.0982. The number of non-ortho nitro benzene ring substituents is 1. The molecule has 3 rings (SSSR count). The number of rotatable bonds is 4. The summed E-state index contributed by atoms with van der Waals surface area (Å²) in [4.78, 5) is 41.5. The summed E-state index contributed by atoms with van der Waals surface area (Å²) >= 11 is 0. The van der Waals surface area contributed by atoms with E-state index in [0.717, 1.165) is 25.7 Å². The molecule has 8 nitrogen and oxygen atoms in total. The van der Waals surface area contributed by atoms with Crippen LogP contribution in [0.25, 0.3) is 0 Å². The molecule has 1 saturated heterocycles. The van der Waals surface area contributed by atoms with Crippen molar-refractivity contribution < 1.29 is 14.5 Å². The van der Waals surface area contributed by atoms with Crippen molar-refractivity contribution in [3.8, 4) is 0 Å². The molecule has 0 radical (unpaired) electrons. The van der Waals surface area contributed by atoms with E-state index in [1.54, 1.807) is 30.0 Å². The standard InChI is InChI=1S/C19H26N4O4/c1-20(2)17-8-7-15(23(26)27)13-16(17)19(25)22-11-9-21(10-12-22)18(24)14-5-3-4-6-14/h7-8,13-14H,3-6,9-12H2,1-2H3. The van der Waals surface area contributed by atoms with Gasteiger partial charge in [0, 0.05) is 64.0 Å². The number of anilines is 1. The lowest BCUT2D eigenvalue weighted by atomic mass is 10.1. The molecule has 1 saturated carbocycles. The average Bonchev–Trinajstić information content (AvgIpc) is 3.21. The van der Waals surface area contributed by atoms with Crippen LogP contribution in [0.4, 0.5) is 11.4 Å². The van der Waals surface area contributed by atoms with Gasteiger partial charge in [0.05, 0.1) is 10.5 Å². The van der Waals surface area contributed by atoms with Gasteiger partial charge in [-0.3, -0.25) is 19.7 Å². The van der Waals surface area contributed by atoms with Crippen LogP contribution < -0.4 is 4.90 Å². The molecule has 0 aromatic heterocycles. The molecular formula is C19H26N4O4. The summed E-state index contributed by atoms with van der Waals surface area (Å²) in [6, 6.07) is 4.35. The molecule has 0 spiro atoms. The fourth-order valence-electron chi connectivity index (χ4n) is 3.93. The average molecular weight is 374 g/mol. The Hall–Kier alpha value is -2.64. The third kappa shape index (κ3) is 4.04. The quantitative estimate of drug-likeness (QED) is 0.595. The van der Waals surface area contributed by atoms with Crippen molar-refractivity contribution in [2.75, 3.05) is 45.2 Å². The van der Waals surface area contributed by atoms with Gasteiger partial charge in [0.15, 0.2) is 0 Å². The van der Waals surface area contributed by atoms with E-state index in [1.165, 1.54) is 12.1 Å². The van der Waals surface area contributed by atoms with E-state index in [-0.39, 0.29) is 23.4 Å². The second-order valence-corrected chi connectivity index (χ2v) is 7.45. The zero-order chi connectivity index (χ0) is 19.6. The van der Waals surface area contributed by atoms with Crippen molar-refractivity contribution in [1.29, 1.82) is 0 Å². The topological polar surface area (TPSA) is 87.0 Å². The molecule has 8 heteroatoms. The van der Waals surface area contributed by atoms with Crippen molar-refractivity contribution in [3.05, 3.63) is 33.9 Å². The molecule has 0 bridgehead atoms. The first-order valence-corrected chi connectivity index (χ1v) is 9.42. The first kappa shape index (κ1) is 19.1. The van der Waals surface area contributed by atoms with Crippen molar-refractivity contribution in [3.63, 3.8) is 0 Å². The maximum absolute atomic E-state index is 13.0. The minimum atomic E-state index is -0.492. The van der Waals surface area contributed by atoms with Gasteiger partial charge in [0.25, 0.3) is 11.6 Å². The Morgan fingerprint density at radius 3 is 2.22 bits per heavy atom. The first-order valence-electron chi connectivity index (χ1n) is 9.42. The highest BCUT2D eigenvalue weighted by Crippen LogP contribution is 2.28. The second kappa shape index (κ2) is 7.94. The molecule has 2 fully saturated rings. The molecule has 1 heterocycles. The largest absolute Gasteiger partial charge is 0.377 e. The molecule has 2 aliphatic rings. The zero-order valence-electron chi connectivity index (χ0n) is 15.9. The highest BCUT2D eigenvalue weighted by molar-refractivity contribution is 6.00. The molecule has 1 aromatic rings. The molecule has 0 unspecified atom stereocenters. The predicted molar refractivity (Wildman–Crippen MR) is 102 cm³/mol. The normalized spacial score (nSPS) is 17.9. The number of benzene rings is 1. The van der Waals surface area contributed by atoms with Crippen LogP contribution in [-0.2, 0) is 4.79 Å². The van der Waals surface area contributed by atoms with Crippen molar-refractivity contribution in [2.24, 2.45) is 5.92 Å². The lowest BCUT2D eigenvalue weighted by Crippen LogP contribution is -2.51. The van der Waals surface area contributed by atoms with E-state index in [1.807, 2.05) is 4.90 Å². The van der Waals surface area contributed by atoms with Gasteiger partial charge in [-0.05, 0) is 18.9 Å². The molecule has 1 aliphatic heterocycles. The number of hydrogen-bond donors (Lipinski definition) is 0. The van der Waals surface area contributed by atoms with Gasteiger partial charge >= 0.3 is 0 Å². The van der Waals surface area contributed by atoms with Crippen LogP contribution in [0, 0.1) is 16.0 Å². The van der Waals surface area contributed by atoms with E-state index in [4.69, 9.17) is 0 Å². The van der Waals surface area contributed by atoms with Crippen LogP contribution in [0.1, 0.15) is 36.0 Å². The van der Waals surface area contributed by atoms with Crippen LogP contribution >= 0.6 is 0 Å². The van der Waals surface area contributed by atoms with Crippen molar-refractivity contribution in [2.45, 2.75) is 25.7 Å². The van der Waals surface area contributed by atoms with E-state index in [9.17, 15) is 19.7 Å². The molecule has 27 heavy (non-hydrogen) atoms.